The highest BCUT2D eigenvalue weighted by atomic mass is 32.2. The first kappa shape index (κ1) is 21.0. The third-order valence-electron chi connectivity index (χ3n) is 3.73. The first-order valence-corrected chi connectivity index (χ1v) is 10.1. The number of nitrogens with one attached hydrogen (secondary N) is 2. The summed E-state index contributed by atoms with van der Waals surface area (Å²) in [6, 6.07) is 3.04. The van der Waals surface area contributed by atoms with Crippen LogP contribution in [0.5, 0.6) is 11.5 Å². The van der Waals surface area contributed by atoms with Crippen molar-refractivity contribution >= 4 is 21.9 Å². The molecule has 0 spiro atoms. The van der Waals surface area contributed by atoms with Crippen molar-refractivity contribution in [2.45, 2.75) is 44.2 Å². The molecule has 0 radical (unpaired) electrons. The van der Waals surface area contributed by atoms with Crippen molar-refractivity contribution in [3.05, 3.63) is 18.2 Å². The van der Waals surface area contributed by atoms with Crippen molar-refractivity contribution in [2.75, 3.05) is 19.8 Å². The molecule has 0 aliphatic carbocycles. The van der Waals surface area contributed by atoms with E-state index in [1.54, 1.807) is 6.92 Å². The molecule has 1 heterocycles. The van der Waals surface area contributed by atoms with Crippen LogP contribution in [0.25, 0.3) is 0 Å². The minimum absolute atomic E-state index is 0.0665. The molecular weight excluding hydrogens is 376 g/mol. The molecule has 10 heteroatoms. The van der Waals surface area contributed by atoms with E-state index >= 15 is 0 Å². The summed E-state index contributed by atoms with van der Waals surface area (Å²) in [6.45, 7) is 5.79. The zero-order valence-corrected chi connectivity index (χ0v) is 16.3. The fraction of sp³-hybridized carbons (Fsp3) is 0.529. The van der Waals surface area contributed by atoms with Gasteiger partial charge >= 0.3 is 5.97 Å². The van der Waals surface area contributed by atoms with E-state index < -0.39 is 34.0 Å². The lowest BCUT2D eigenvalue weighted by Gasteiger charge is -2.17. The molecule has 0 bridgehead atoms. The van der Waals surface area contributed by atoms with Crippen molar-refractivity contribution in [1.29, 1.82) is 0 Å². The van der Waals surface area contributed by atoms with Gasteiger partial charge < -0.3 is 19.5 Å². The topological polar surface area (TPSA) is 120 Å². The van der Waals surface area contributed by atoms with E-state index in [0.29, 0.717) is 37.7 Å². The molecule has 1 aliphatic heterocycles. The van der Waals surface area contributed by atoms with Gasteiger partial charge in [0.2, 0.25) is 10.0 Å². The second kappa shape index (κ2) is 9.05. The zero-order valence-electron chi connectivity index (χ0n) is 15.5. The summed E-state index contributed by atoms with van der Waals surface area (Å²) >= 11 is 0. The maximum Gasteiger partial charge on any atom is 0.324 e. The van der Waals surface area contributed by atoms with Crippen molar-refractivity contribution in [3.63, 3.8) is 0 Å². The molecule has 1 aromatic rings. The van der Waals surface area contributed by atoms with Gasteiger partial charge in [-0.15, -0.1) is 0 Å². The Bertz CT molecular complexity index is 794. The SMILES string of the molecule is CCNC(=O)[C@@H](C)OC(=O)[C@H](C)NS(=O)(=O)c1ccc2c(c1)OCCCO2. The van der Waals surface area contributed by atoms with E-state index in [-0.39, 0.29) is 4.90 Å². The molecule has 2 atom stereocenters. The lowest BCUT2D eigenvalue weighted by molar-refractivity contribution is -0.156. The second-order valence-electron chi connectivity index (χ2n) is 5.98. The number of hydrogen-bond donors (Lipinski definition) is 2. The highest BCUT2D eigenvalue weighted by Crippen LogP contribution is 2.31. The summed E-state index contributed by atoms with van der Waals surface area (Å²) in [4.78, 5) is 23.6. The van der Waals surface area contributed by atoms with Crippen molar-refractivity contribution in [1.82, 2.24) is 10.0 Å². The monoisotopic (exact) mass is 400 g/mol. The highest BCUT2D eigenvalue weighted by molar-refractivity contribution is 7.89. The molecule has 0 saturated heterocycles. The third kappa shape index (κ3) is 5.57. The standard InChI is InChI=1S/C17H24N2O7S/c1-4-18-16(20)12(3)26-17(21)11(2)19-27(22,23)13-6-7-14-15(10-13)25-9-5-8-24-14/h6-7,10-12,19H,4-5,8-9H2,1-3H3,(H,18,20)/t11-,12+/m0/s1. The molecular formula is C17H24N2O7S. The Hall–Kier alpha value is -2.33. The molecule has 0 aromatic heterocycles. The average Bonchev–Trinajstić information content (AvgIpc) is 2.86. The van der Waals surface area contributed by atoms with Crippen molar-refractivity contribution in [3.8, 4) is 11.5 Å². The minimum atomic E-state index is -4.00. The van der Waals surface area contributed by atoms with Gasteiger partial charge in [-0.1, -0.05) is 0 Å². The maximum absolute atomic E-state index is 12.5. The number of rotatable bonds is 7. The number of carbonyl (C=O) groups excluding carboxylic acids is 2. The molecule has 1 aromatic carbocycles. The van der Waals surface area contributed by atoms with Gasteiger partial charge in [-0.3, -0.25) is 9.59 Å². The lowest BCUT2D eigenvalue weighted by atomic mass is 10.3. The molecule has 0 fully saturated rings. The summed E-state index contributed by atoms with van der Waals surface area (Å²) in [7, 11) is -4.00. The van der Waals surface area contributed by atoms with Gasteiger partial charge in [-0.05, 0) is 32.9 Å². The molecule has 2 rings (SSSR count). The Morgan fingerprint density at radius 1 is 1.19 bits per heavy atom. The van der Waals surface area contributed by atoms with Crippen LogP contribution in [0.2, 0.25) is 0 Å². The third-order valence-corrected chi connectivity index (χ3v) is 5.27. The minimum Gasteiger partial charge on any atom is -0.490 e. The Kier molecular flexibility index (Phi) is 7.03. The largest absolute Gasteiger partial charge is 0.490 e. The zero-order chi connectivity index (χ0) is 20.0. The van der Waals surface area contributed by atoms with E-state index in [9.17, 15) is 18.0 Å². The number of amides is 1. The summed E-state index contributed by atoms with van der Waals surface area (Å²) in [5.41, 5.74) is 0. The fourth-order valence-corrected chi connectivity index (χ4v) is 3.51. The number of benzene rings is 1. The number of likely N-dealkylation sites (N-methyl/N-ethyl adjacent to an activating group) is 1. The molecule has 0 unspecified atom stereocenters. The van der Waals surface area contributed by atoms with Crippen LogP contribution in [0.1, 0.15) is 27.2 Å². The molecule has 150 valence electrons. The normalized spacial score (nSPS) is 16.0. The van der Waals surface area contributed by atoms with E-state index in [1.807, 2.05) is 0 Å². The Balaban J connectivity index is 2.05. The van der Waals surface area contributed by atoms with Crippen LogP contribution in [-0.2, 0) is 24.3 Å². The number of fused-ring (bicyclic) bond motifs is 1. The van der Waals surface area contributed by atoms with Gasteiger partial charge in [0.05, 0.1) is 18.1 Å². The first-order chi connectivity index (χ1) is 12.7. The van der Waals surface area contributed by atoms with Crippen LogP contribution in [-0.4, -0.2) is 52.2 Å². The predicted octanol–water partition coefficient (Wildman–Crippen LogP) is 0.583. The maximum atomic E-state index is 12.5. The van der Waals surface area contributed by atoms with Crippen LogP contribution < -0.4 is 19.5 Å². The smallest absolute Gasteiger partial charge is 0.324 e. The van der Waals surface area contributed by atoms with E-state index in [2.05, 4.69) is 10.0 Å². The quantitative estimate of drug-likeness (QED) is 0.643. The summed E-state index contributed by atoms with van der Waals surface area (Å²) in [5.74, 6) is -0.513. The second-order valence-corrected chi connectivity index (χ2v) is 7.69. The van der Waals surface area contributed by atoms with Gasteiger partial charge in [-0.2, -0.15) is 4.72 Å². The van der Waals surface area contributed by atoms with Gasteiger partial charge in [-0.25, -0.2) is 8.42 Å². The molecule has 2 N–H and O–H groups in total. The van der Waals surface area contributed by atoms with Crippen LogP contribution in [0.3, 0.4) is 0 Å². The van der Waals surface area contributed by atoms with Crippen LogP contribution >= 0.6 is 0 Å². The van der Waals surface area contributed by atoms with Crippen LogP contribution in [0.15, 0.2) is 23.1 Å². The van der Waals surface area contributed by atoms with Gasteiger partial charge in [0.1, 0.15) is 6.04 Å². The van der Waals surface area contributed by atoms with Crippen LogP contribution in [0.4, 0.5) is 0 Å². The Morgan fingerprint density at radius 3 is 2.52 bits per heavy atom. The predicted molar refractivity (Wildman–Crippen MR) is 96.1 cm³/mol. The highest BCUT2D eigenvalue weighted by Gasteiger charge is 2.27. The summed E-state index contributed by atoms with van der Waals surface area (Å²) in [6.07, 6.45) is -0.329. The van der Waals surface area contributed by atoms with E-state index in [4.69, 9.17) is 14.2 Å². The first-order valence-electron chi connectivity index (χ1n) is 8.64. The lowest BCUT2D eigenvalue weighted by Crippen LogP contribution is -2.43. The van der Waals surface area contributed by atoms with Gasteiger partial charge in [0, 0.05) is 19.0 Å². The molecule has 27 heavy (non-hydrogen) atoms. The molecule has 1 aliphatic rings. The molecule has 9 nitrogen and oxygen atoms in total. The van der Waals surface area contributed by atoms with Crippen molar-refractivity contribution in [2.24, 2.45) is 0 Å². The van der Waals surface area contributed by atoms with Crippen LogP contribution in [0, 0.1) is 0 Å². The molecule has 0 saturated carbocycles. The number of ether oxygens (including phenoxy) is 3. The summed E-state index contributed by atoms with van der Waals surface area (Å²) < 4.78 is 43.3. The average molecular weight is 400 g/mol. The summed E-state index contributed by atoms with van der Waals surface area (Å²) in [5, 5.41) is 2.52. The Morgan fingerprint density at radius 2 is 1.85 bits per heavy atom. The van der Waals surface area contributed by atoms with E-state index in [0.717, 1.165) is 0 Å². The van der Waals surface area contributed by atoms with E-state index in [1.165, 1.54) is 32.0 Å². The number of carbonyl (C=O) groups is 2. The van der Waals surface area contributed by atoms with Gasteiger partial charge in [0.25, 0.3) is 5.91 Å². The number of esters is 1. The number of hydrogen-bond acceptors (Lipinski definition) is 7. The number of sulfonamides is 1. The van der Waals surface area contributed by atoms with Crippen molar-refractivity contribution < 1.29 is 32.2 Å². The fourth-order valence-electron chi connectivity index (χ4n) is 2.31. The Labute approximate surface area is 158 Å². The van der Waals surface area contributed by atoms with Gasteiger partial charge in [0.15, 0.2) is 17.6 Å². The molecule has 1 amide bonds.